The highest BCUT2D eigenvalue weighted by Crippen LogP contribution is 2.28. The van der Waals surface area contributed by atoms with Crippen LogP contribution in [-0.4, -0.2) is 25.1 Å². The lowest BCUT2D eigenvalue weighted by Crippen LogP contribution is -2.39. The number of methoxy groups -OCH3 is 1. The first-order valence-electron chi connectivity index (χ1n) is 10.1. The number of benzene rings is 3. The van der Waals surface area contributed by atoms with Crippen LogP contribution in [0.15, 0.2) is 84.0 Å². The molecule has 3 aromatic carbocycles. The van der Waals surface area contributed by atoms with Gasteiger partial charge in [0.2, 0.25) is 0 Å². The zero-order valence-corrected chi connectivity index (χ0v) is 17.9. The lowest BCUT2D eigenvalue weighted by Gasteiger charge is -2.13. The maximum absolute atomic E-state index is 12.1. The van der Waals surface area contributed by atoms with Crippen molar-refractivity contribution in [3.63, 3.8) is 0 Å². The van der Waals surface area contributed by atoms with Crippen molar-refractivity contribution in [1.29, 1.82) is 0 Å². The Kier molecular flexibility index (Phi) is 7.97. The van der Waals surface area contributed by atoms with Gasteiger partial charge >= 0.3 is 11.8 Å². The molecule has 0 aliphatic heterocycles. The molecule has 0 aliphatic rings. The topological polar surface area (TPSA) is 89.0 Å². The number of hydrogen-bond acceptors (Lipinski definition) is 5. The molecule has 0 heterocycles. The molecule has 2 amide bonds. The standard InChI is InChI=1S/C25H25N3O4/c1-18(21-11-7-4-8-12-21)27-24(29)25(30)28-26-16-20-13-14-22(23(15-20)31-2)32-17-19-9-5-3-6-10-19/h3-16,18H,17H2,1-2H3,(H,27,29)(H,28,30)/b26-16-/t18-/m0/s1. The fourth-order valence-electron chi connectivity index (χ4n) is 2.92. The van der Waals surface area contributed by atoms with Crippen LogP contribution in [0.4, 0.5) is 0 Å². The van der Waals surface area contributed by atoms with Crippen molar-refractivity contribution in [3.05, 3.63) is 95.6 Å². The molecule has 2 N–H and O–H groups in total. The molecule has 164 valence electrons. The fraction of sp³-hybridized carbons (Fsp3) is 0.160. The molecule has 0 saturated heterocycles. The molecule has 32 heavy (non-hydrogen) atoms. The second-order valence-corrected chi connectivity index (χ2v) is 6.99. The first-order chi connectivity index (χ1) is 15.6. The second kappa shape index (κ2) is 11.3. The third-order valence-corrected chi connectivity index (χ3v) is 4.66. The van der Waals surface area contributed by atoms with Crippen LogP contribution >= 0.6 is 0 Å². The van der Waals surface area contributed by atoms with Gasteiger partial charge in [0.25, 0.3) is 0 Å². The van der Waals surface area contributed by atoms with Crippen molar-refractivity contribution >= 4 is 18.0 Å². The van der Waals surface area contributed by atoms with Gasteiger partial charge in [-0.3, -0.25) is 9.59 Å². The van der Waals surface area contributed by atoms with Crippen molar-refractivity contribution in [1.82, 2.24) is 10.7 Å². The zero-order valence-electron chi connectivity index (χ0n) is 17.9. The Balaban J connectivity index is 1.54. The van der Waals surface area contributed by atoms with Gasteiger partial charge in [-0.05, 0) is 41.8 Å². The van der Waals surface area contributed by atoms with Crippen molar-refractivity contribution in [2.45, 2.75) is 19.6 Å². The number of ether oxygens (including phenoxy) is 2. The predicted octanol–water partition coefficient (Wildman–Crippen LogP) is 3.60. The molecule has 0 unspecified atom stereocenters. The van der Waals surface area contributed by atoms with Crippen molar-refractivity contribution in [2.75, 3.05) is 7.11 Å². The van der Waals surface area contributed by atoms with Gasteiger partial charge in [0.05, 0.1) is 19.4 Å². The average molecular weight is 431 g/mol. The summed E-state index contributed by atoms with van der Waals surface area (Å²) < 4.78 is 11.2. The summed E-state index contributed by atoms with van der Waals surface area (Å²) in [6.45, 7) is 2.22. The highest BCUT2D eigenvalue weighted by molar-refractivity contribution is 6.35. The molecular weight excluding hydrogens is 406 g/mol. The summed E-state index contributed by atoms with van der Waals surface area (Å²) in [7, 11) is 1.55. The first kappa shape index (κ1) is 22.6. The van der Waals surface area contributed by atoms with Gasteiger partial charge in [0, 0.05) is 0 Å². The maximum atomic E-state index is 12.1. The van der Waals surface area contributed by atoms with Gasteiger partial charge in [0.1, 0.15) is 6.61 Å². The highest BCUT2D eigenvalue weighted by Gasteiger charge is 2.16. The van der Waals surface area contributed by atoms with Crippen molar-refractivity contribution in [3.8, 4) is 11.5 Å². The minimum Gasteiger partial charge on any atom is -0.493 e. The lowest BCUT2D eigenvalue weighted by molar-refractivity contribution is -0.139. The van der Waals surface area contributed by atoms with E-state index in [1.54, 1.807) is 32.2 Å². The third kappa shape index (κ3) is 6.43. The smallest absolute Gasteiger partial charge is 0.329 e. The van der Waals surface area contributed by atoms with Crippen LogP contribution in [0.2, 0.25) is 0 Å². The summed E-state index contributed by atoms with van der Waals surface area (Å²) in [5.74, 6) is -0.489. The number of nitrogens with one attached hydrogen (secondary N) is 2. The second-order valence-electron chi connectivity index (χ2n) is 6.99. The molecular formula is C25H25N3O4. The van der Waals surface area contributed by atoms with Crippen LogP contribution in [-0.2, 0) is 16.2 Å². The van der Waals surface area contributed by atoms with Gasteiger partial charge in [-0.2, -0.15) is 5.10 Å². The molecule has 3 rings (SSSR count). The van der Waals surface area contributed by atoms with E-state index in [9.17, 15) is 9.59 Å². The molecule has 1 atom stereocenters. The number of hydrazone groups is 1. The maximum Gasteiger partial charge on any atom is 0.329 e. The van der Waals surface area contributed by atoms with Gasteiger partial charge in [0.15, 0.2) is 11.5 Å². The summed E-state index contributed by atoms with van der Waals surface area (Å²) in [4.78, 5) is 24.1. The summed E-state index contributed by atoms with van der Waals surface area (Å²) in [5.41, 5.74) is 4.85. The molecule has 0 spiro atoms. The number of carbonyl (C=O) groups excluding carboxylic acids is 2. The molecule has 7 nitrogen and oxygen atoms in total. The quantitative estimate of drug-likeness (QED) is 0.324. The molecule has 0 aromatic heterocycles. The van der Waals surface area contributed by atoms with Crippen LogP contribution in [0.25, 0.3) is 0 Å². The average Bonchev–Trinajstić information content (AvgIpc) is 2.84. The highest BCUT2D eigenvalue weighted by atomic mass is 16.5. The lowest BCUT2D eigenvalue weighted by atomic mass is 10.1. The van der Waals surface area contributed by atoms with Gasteiger partial charge in [-0.1, -0.05) is 60.7 Å². The fourth-order valence-corrected chi connectivity index (χ4v) is 2.92. The van der Waals surface area contributed by atoms with E-state index in [0.717, 1.165) is 11.1 Å². The van der Waals surface area contributed by atoms with Crippen LogP contribution < -0.4 is 20.2 Å². The number of amides is 2. The van der Waals surface area contributed by atoms with E-state index >= 15 is 0 Å². The normalized spacial score (nSPS) is 11.6. The van der Waals surface area contributed by atoms with Gasteiger partial charge in [-0.15, -0.1) is 0 Å². The summed E-state index contributed by atoms with van der Waals surface area (Å²) in [6, 6.07) is 24.2. The SMILES string of the molecule is COc1cc(/C=N\NC(=O)C(=O)N[C@@H](C)c2ccccc2)ccc1OCc1ccccc1. The summed E-state index contributed by atoms with van der Waals surface area (Å²) in [5, 5.41) is 6.50. The molecule has 3 aromatic rings. The molecule has 0 radical (unpaired) electrons. The van der Waals surface area contributed by atoms with E-state index in [1.807, 2.05) is 60.7 Å². The molecule has 0 saturated carbocycles. The Morgan fingerprint density at radius 2 is 1.62 bits per heavy atom. The van der Waals surface area contributed by atoms with E-state index in [1.165, 1.54) is 6.21 Å². The van der Waals surface area contributed by atoms with Gasteiger partial charge < -0.3 is 14.8 Å². The molecule has 0 aliphatic carbocycles. The number of rotatable bonds is 8. The predicted molar refractivity (Wildman–Crippen MR) is 123 cm³/mol. The molecule has 0 fully saturated rings. The Labute approximate surface area is 187 Å². The van der Waals surface area contributed by atoms with E-state index in [4.69, 9.17) is 9.47 Å². The van der Waals surface area contributed by atoms with Gasteiger partial charge in [-0.25, -0.2) is 5.43 Å². The Morgan fingerprint density at radius 1 is 0.938 bits per heavy atom. The minimum absolute atomic E-state index is 0.300. The summed E-state index contributed by atoms with van der Waals surface area (Å²) >= 11 is 0. The molecule has 7 heteroatoms. The number of carbonyl (C=O) groups is 2. The monoisotopic (exact) mass is 431 g/mol. The van der Waals surface area contributed by atoms with Crippen molar-refractivity contribution < 1.29 is 19.1 Å². The summed E-state index contributed by atoms with van der Waals surface area (Å²) in [6.07, 6.45) is 1.43. The molecule has 0 bridgehead atoms. The third-order valence-electron chi connectivity index (χ3n) is 4.66. The van der Waals surface area contributed by atoms with E-state index < -0.39 is 11.8 Å². The van der Waals surface area contributed by atoms with E-state index in [0.29, 0.717) is 23.7 Å². The van der Waals surface area contributed by atoms with Crippen molar-refractivity contribution in [2.24, 2.45) is 5.10 Å². The van der Waals surface area contributed by atoms with Crippen LogP contribution in [0.1, 0.15) is 29.7 Å². The zero-order chi connectivity index (χ0) is 22.8. The van der Waals surface area contributed by atoms with Crippen LogP contribution in [0, 0.1) is 0 Å². The number of nitrogens with zero attached hydrogens (tertiary/aromatic N) is 1. The van der Waals surface area contributed by atoms with Crippen LogP contribution in [0.5, 0.6) is 11.5 Å². The number of hydrogen-bond donors (Lipinski definition) is 2. The van der Waals surface area contributed by atoms with E-state index in [2.05, 4.69) is 15.8 Å². The minimum atomic E-state index is -0.848. The first-order valence-corrected chi connectivity index (χ1v) is 10.1. The van der Waals surface area contributed by atoms with Crippen LogP contribution in [0.3, 0.4) is 0 Å². The van der Waals surface area contributed by atoms with E-state index in [-0.39, 0.29) is 6.04 Å². The Bertz CT molecular complexity index is 1070. The Morgan fingerprint density at radius 3 is 2.31 bits per heavy atom. The largest absolute Gasteiger partial charge is 0.493 e. The Hall–Kier alpha value is -4.13.